The van der Waals surface area contributed by atoms with E-state index < -0.39 is 12.0 Å². The lowest BCUT2D eigenvalue weighted by atomic mass is 10.1. The molecule has 0 radical (unpaired) electrons. The normalized spacial score (nSPS) is 12.0. The van der Waals surface area contributed by atoms with Crippen LogP contribution in [0.5, 0.6) is 0 Å². The van der Waals surface area contributed by atoms with Gasteiger partial charge in [0, 0.05) is 11.7 Å². The average molecular weight is 308 g/mol. The Kier molecular flexibility index (Phi) is 4.10. The number of aromatic nitrogens is 1. The third-order valence-electron chi connectivity index (χ3n) is 3.68. The minimum atomic E-state index is -1.08. The van der Waals surface area contributed by atoms with Crippen molar-refractivity contribution in [3.63, 3.8) is 0 Å². The summed E-state index contributed by atoms with van der Waals surface area (Å²) in [5.74, 6) is -1.43. The zero-order chi connectivity index (χ0) is 16.2. The molecular weight excluding hydrogens is 292 g/mol. The second-order valence-corrected chi connectivity index (χ2v) is 5.25. The fourth-order valence-electron chi connectivity index (χ4n) is 2.57. The monoisotopic (exact) mass is 308 g/mol. The SMILES string of the molecule is O=C(Cn1ccc2ccccc21)N[C@H](C(=O)O)c1ccccc1. The van der Waals surface area contributed by atoms with Gasteiger partial charge in [0.15, 0.2) is 6.04 Å². The highest BCUT2D eigenvalue weighted by Crippen LogP contribution is 2.16. The quantitative estimate of drug-likeness (QED) is 0.761. The number of nitrogens with one attached hydrogen (secondary N) is 1. The van der Waals surface area contributed by atoms with E-state index in [9.17, 15) is 14.7 Å². The molecule has 3 rings (SSSR count). The Morgan fingerprint density at radius 1 is 1.00 bits per heavy atom. The smallest absolute Gasteiger partial charge is 0.330 e. The first-order chi connectivity index (χ1) is 11.1. The first kappa shape index (κ1) is 14.8. The molecule has 3 aromatic rings. The van der Waals surface area contributed by atoms with Crippen LogP contribution in [0.25, 0.3) is 10.9 Å². The lowest BCUT2D eigenvalue weighted by Gasteiger charge is -2.15. The van der Waals surface area contributed by atoms with Crippen molar-refractivity contribution >= 4 is 22.8 Å². The Morgan fingerprint density at radius 2 is 1.70 bits per heavy atom. The molecular formula is C18H16N2O3. The number of fused-ring (bicyclic) bond motifs is 1. The molecule has 0 bridgehead atoms. The predicted octanol–water partition coefficient (Wildman–Crippen LogP) is 2.58. The van der Waals surface area contributed by atoms with E-state index in [1.54, 1.807) is 34.9 Å². The van der Waals surface area contributed by atoms with Crippen molar-refractivity contribution in [1.29, 1.82) is 0 Å². The maximum atomic E-state index is 12.2. The summed E-state index contributed by atoms with van der Waals surface area (Å²) < 4.78 is 1.80. The van der Waals surface area contributed by atoms with Crippen molar-refractivity contribution in [1.82, 2.24) is 9.88 Å². The average Bonchev–Trinajstić information content (AvgIpc) is 2.96. The second-order valence-electron chi connectivity index (χ2n) is 5.25. The van der Waals surface area contributed by atoms with E-state index in [0.717, 1.165) is 10.9 Å². The van der Waals surface area contributed by atoms with Crippen molar-refractivity contribution in [2.75, 3.05) is 0 Å². The van der Waals surface area contributed by atoms with Gasteiger partial charge in [0.25, 0.3) is 0 Å². The number of amides is 1. The van der Waals surface area contributed by atoms with Gasteiger partial charge in [-0.3, -0.25) is 4.79 Å². The van der Waals surface area contributed by atoms with Crippen LogP contribution in [-0.2, 0) is 16.1 Å². The molecule has 0 aliphatic heterocycles. The number of carboxylic acids is 1. The van der Waals surface area contributed by atoms with E-state index in [2.05, 4.69) is 5.32 Å². The van der Waals surface area contributed by atoms with Gasteiger partial charge in [0.1, 0.15) is 6.54 Å². The highest BCUT2D eigenvalue weighted by atomic mass is 16.4. The molecule has 1 atom stereocenters. The van der Waals surface area contributed by atoms with Crippen LogP contribution in [0.1, 0.15) is 11.6 Å². The van der Waals surface area contributed by atoms with Gasteiger partial charge in [-0.1, -0.05) is 48.5 Å². The standard InChI is InChI=1S/C18H16N2O3/c21-16(12-20-11-10-13-6-4-5-9-15(13)20)19-17(18(22)23)14-7-2-1-3-8-14/h1-11,17H,12H2,(H,19,21)(H,22,23)/t17-/m0/s1. The van der Waals surface area contributed by atoms with Crippen molar-refractivity contribution in [2.45, 2.75) is 12.6 Å². The van der Waals surface area contributed by atoms with E-state index in [4.69, 9.17) is 0 Å². The van der Waals surface area contributed by atoms with Crippen LogP contribution < -0.4 is 5.32 Å². The molecule has 2 N–H and O–H groups in total. The molecule has 1 heterocycles. The van der Waals surface area contributed by atoms with Crippen LogP contribution in [0.4, 0.5) is 0 Å². The summed E-state index contributed by atoms with van der Waals surface area (Å²) in [5.41, 5.74) is 1.49. The van der Waals surface area contributed by atoms with E-state index in [0.29, 0.717) is 5.56 Å². The fourth-order valence-corrected chi connectivity index (χ4v) is 2.57. The summed E-state index contributed by atoms with van der Waals surface area (Å²) in [6, 6.07) is 17.3. The zero-order valence-electron chi connectivity index (χ0n) is 12.3. The summed E-state index contributed by atoms with van der Waals surface area (Å²) in [6.45, 7) is 0.0735. The molecule has 5 nitrogen and oxygen atoms in total. The van der Waals surface area contributed by atoms with E-state index in [1.807, 2.05) is 36.5 Å². The Labute approximate surface area is 133 Å². The van der Waals surface area contributed by atoms with Gasteiger partial charge in [-0.2, -0.15) is 0 Å². The number of aliphatic carboxylic acids is 1. The number of carbonyl (C=O) groups is 2. The molecule has 0 aliphatic carbocycles. The number of nitrogens with zero attached hydrogens (tertiary/aromatic N) is 1. The Morgan fingerprint density at radius 3 is 2.43 bits per heavy atom. The number of rotatable bonds is 5. The van der Waals surface area contributed by atoms with Gasteiger partial charge in [-0.15, -0.1) is 0 Å². The fraction of sp³-hybridized carbons (Fsp3) is 0.111. The zero-order valence-corrected chi connectivity index (χ0v) is 12.3. The van der Waals surface area contributed by atoms with E-state index in [-0.39, 0.29) is 12.5 Å². The predicted molar refractivity (Wildman–Crippen MR) is 86.9 cm³/mol. The van der Waals surface area contributed by atoms with Gasteiger partial charge in [-0.05, 0) is 23.1 Å². The lowest BCUT2D eigenvalue weighted by Crippen LogP contribution is -2.35. The summed E-state index contributed by atoms with van der Waals surface area (Å²) in [4.78, 5) is 23.7. The van der Waals surface area contributed by atoms with Crippen molar-refractivity contribution < 1.29 is 14.7 Å². The minimum Gasteiger partial charge on any atom is -0.479 e. The molecule has 0 fully saturated rings. The number of para-hydroxylation sites is 1. The summed E-state index contributed by atoms with van der Waals surface area (Å²) in [7, 11) is 0. The van der Waals surface area contributed by atoms with Crippen LogP contribution in [0.15, 0.2) is 66.9 Å². The van der Waals surface area contributed by atoms with E-state index >= 15 is 0 Å². The Balaban J connectivity index is 1.76. The summed E-state index contributed by atoms with van der Waals surface area (Å²) in [5, 5.41) is 13.0. The number of hydrogen-bond acceptors (Lipinski definition) is 2. The van der Waals surface area contributed by atoms with Gasteiger partial charge in [0.05, 0.1) is 0 Å². The second kappa shape index (κ2) is 6.36. The van der Waals surface area contributed by atoms with Crippen molar-refractivity contribution in [3.8, 4) is 0 Å². The molecule has 1 amide bonds. The molecule has 0 saturated carbocycles. The number of carbonyl (C=O) groups excluding carboxylic acids is 1. The van der Waals surface area contributed by atoms with Gasteiger partial charge in [0.2, 0.25) is 5.91 Å². The van der Waals surface area contributed by atoms with Crippen LogP contribution in [-0.4, -0.2) is 21.6 Å². The van der Waals surface area contributed by atoms with Crippen molar-refractivity contribution in [3.05, 3.63) is 72.4 Å². The van der Waals surface area contributed by atoms with Gasteiger partial charge < -0.3 is 15.0 Å². The molecule has 0 spiro atoms. The topological polar surface area (TPSA) is 71.3 Å². The number of hydrogen-bond donors (Lipinski definition) is 2. The Bertz CT molecular complexity index is 840. The maximum Gasteiger partial charge on any atom is 0.330 e. The number of carboxylic acid groups (broad SMARTS) is 1. The van der Waals surface area contributed by atoms with Gasteiger partial charge in [-0.25, -0.2) is 4.79 Å². The molecule has 0 saturated heterocycles. The van der Waals surface area contributed by atoms with Crippen LogP contribution >= 0.6 is 0 Å². The third kappa shape index (κ3) is 3.23. The van der Waals surface area contributed by atoms with Crippen LogP contribution in [0.3, 0.4) is 0 Å². The molecule has 2 aromatic carbocycles. The largest absolute Gasteiger partial charge is 0.479 e. The molecule has 5 heteroatoms. The Hall–Kier alpha value is -3.08. The molecule has 0 unspecified atom stereocenters. The maximum absolute atomic E-state index is 12.2. The summed E-state index contributed by atoms with van der Waals surface area (Å²) >= 11 is 0. The molecule has 0 aliphatic rings. The van der Waals surface area contributed by atoms with E-state index in [1.165, 1.54) is 0 Å². The molecule has 23 heavy (non-hydrogen) atoms. The first-order valence-corrected chi connectivity index (χ1v) is 7.26. The van der Waals surface area contributed by atoms with Gasteiger partial charge >= 0.3 is 5.97 Å². The van der Waals surface area contributed by atoms with Crippen LogP contribution in [0, 0.1) is 0 Å². The summed E-state index contributed by atoms with van der Waals surface area (Å²) in [6.07, 6.45) is 1.82. The molecule has 1 aromatic heterocycles. The highest BCUT2D eigenvalue weighted by molar-refractivity contribution is 5.86. The third-order valence-corrected chi connectivity index (χ3v) is 3.68. The highest BCUT2D eigenvalue weighted by Gasteiger charge is 2.21. The van der Waals surface area contributed by atoms with Crippen molar-refractivity contribution in [2.24, 2.45) is 0 Å². The first-order valence-electron chi connectivity index (χ1n) is 7.26. The minimum absolute atomic E-state index is 0.0735. The number of benzene rings is 2. The lowest BCUT2D eigenvalue weighted by molar-refractivity contribution is -0.142. The van der Waals surface area contributed by atoms with Crippen LogP contribution in [0.2, 0.25) is 0 Å². The molecule has 116 valence electrons.